The molecule has 9 N–H and O–H groups in total. The molecular formula is C26H33N7. The first kappa shape index (κ1) is 24.1. The van der Waals surface area contributed by atoms with Crippen LogP contribution in [0.4, 0.5) is 5.69 Å². The maximum absolute atomic E-state index is 8.61. The van der Waals surface area contributed by atoms with Crippen molar-refractivity contribution in [2.75, 3.05) is 5.73 Å². The summed E-state index contributed by atoms with van der Waals surface area (Å²) in [6.45, 7) is 4.54. The van der Waals surface area contributed by atoms with Gasteiger partial charge in [-0.1, -0.05) is 43.0 Å². The van der Waals surface area contributed by atoms with Crippen LogP contribution in [-0.2, 0) is 6.54 Å². The zero-order chi connectivity index (χ0) is 23.8. The molecule has 0 unspecified atom stereocenters. The summed E-state index contributed by atoms with van der Waals surface area (Å²) in [7, 11) is 0. The molecule has 1 fully saturated rings. The monoisotopic (exact) mass is 443 g/mol. The van der Waals surface area contributed by atoms with E-state index in [1.54, 1.807) is 30.4 Å². The highest BCUT2D eigenvalue weighted by molar-refractivity contribution is 6.15. The molecule has 3 rings (SSSR count). The molecule has 1 saturated carbocycles. The number of nitrogen functional groups attached to an aromatic ring is 1. The summed E-state index contributed by atoms with van der Waals surface area (Å²) in [4.78, 5) is 0. The van der Waals surface area contributed by atoms with Crippen LogP contribution in [0.1, 0.15) is 47.9 Å². The van der Waals surface area contributed by atoms with Crippen LogP contribution in [0.15, 0.2) is 72.1 Å². The summed E-state index contributed by atoms with van der Waals surface area (Å²) >= 11 is 0. The van der Waals surface area contributed by atoms with Crippen LogP contribution in [0.2, 0.25) is 0 Å². The highest BCUT2D eigenvalue weighted by Gasteiger charge is 2.17. The lowest BCUT2D eigenvalue weighted by Crippen LogP contribution is -2.37. The van der Waals surface area contributed by atoms with E-state index in [1.807, 2.05) is 12.1 Å². The van der Waals surface area contributed by atoms with Crippen molar-refractivity contribution in [3.63, 3.8) is 0 Å². The summed E-state index contributed by atoms with van der Waals surface area (Å²) in [5.41, 5.74) is 30.5. The van der Waals surface area contributed by atoms with Crippen molar-refractivity contribution in [2.45, 2.75) is 44.3 Å². The molecule has 0 heterocycles. The molecule has 2 aromatic carbocycles. The summed E-state index contributed by atoms with van der Waals surface area (Å²) in [6.07, 6.45) is 9.18. The molecule has 7 heteroatoms. The summed E-state index contributed by atoms with van der Waals surface area (Å²) in [5.74, 6) is 0. The van der Waals surface area contributed by atoms with E-state index in [4.69, 9.17) is 28.1 Å². The lowest BCUT2D eigenvalue weighted by Gasteiger charge is -2.27. The molecule has 2 aromatic rings. The highest BCUT2D eigenvalue weighted by Crippen LogP contribution is 2.24. The number of hydrogen-bond donors (Lipinski definition) is 6. The molecule has 0 atom stereocenters. The number of nitrogens with zero attached hydrogens (tertiary/aromatic N) is 1. The van der Waals surface area contributed by atoms with Gasteiger partial charge in [0.1, 0.15) is 0 Å². The Hall–Kier alpha value is -3.55. The van der Waals surface area contributed by atoms with E-state index in [0.29, 0.717) is 34.6 Å². The third-order valence-electron chi connectivity index (χ3n) is 6.01. The van der Waals surface area contributed by atoms with E-state index >= 15 is 0 Å². The molecule has 1 aliphatic carbocycles. The largest absolute Gasteiger partial charge is 0.398 e. The number of rotatable bonds is 9. The molecule has 172 valence electrons. The fourth-order valence-corrected chi connectivity index (χ4v) is 4.05. The maximum atomic E-state index is 8.61. The maximum Gasteiger partial charge on any atom is 0.0862 e. The second kappa shape index (κ2) is 11.4. The zero-order valence-corrected chi connectivity index (χ0v) is 18.9. The third-order valence-corrected chi connectivity index (χ3v) is 6.01. The van der Waals surface area contributed by atoms with Crippen molar-refractivity contribution in [1.82, 2.24) is 5.32 Å². The average molecular weight is 444 g/mol. The normalized spacial score (nSPS) is 19.2. The SMILES string of the molecule is C=C/C(=C\N=N)c1ccc(N)c(C(=N)/C(N)=C/c2cccc(CNC3CCC(N)CC3)c2)c1. The van der Waals surface area contributed by atoms with Gasteiger partial charge in [0.05, 0.1) is 17.6 Å². The highest BCUT2D eigenvalue weighted by atomic mass is 14.9. The van der Waals surface area contributed by atoms with E-state index in [0.717, 1.165) is 43.4 Å². The fourth-order valence-electron chi connectivity index (χ4n) is 4.05. The molecule has 0 amide bonds. The Balaban J connectivity index is 1.74. The van der Waals surface area contributed by atoms with Crippen molar-refractivity contribution in [2.24, 2.45) is 16.6 Å². The first-order chi connectivity index (χ1) is 15.9. The minimum atomic E-state index is 0.141. The Bertz CT molecular complexity index is 1080. The van der Waals surface area contributed by atoms with Crippen LogP contribution in [0.25, 0.3) is 11.6 Å². The van der Waals surface area contributed by atoms with Crippen molar-refractivity contribution in [3.8, 4) is 0 Å². The summed E-state index contributed by atoms with van der Waals surface area (Å²) in [6, 6.07) is 14.3. The Morgan fingerprint density at radius 2 is 1.91 bits per heavy atom. The first-order valence-corrected chi connectivity index (χ1v) is 11.1. The van der Waals surface area contributed by atoms with Crippen LogP contribution >= 0.6 is 0 Å². The van der Waals surface area contributed by atoms with Crippen molar-refractivity contribution >= 4 is 23.0 Å². The standard InChI is InChI=1S/C26H33N7/c1-2-19(16-33-31)20-6-11-24(28)23(14-20)26(30)25(29)13-17-4-3-5-18(12-17)15-32-22-9-7-21(27)8-10-22/h2-6,11-14,16,21-22,30-32H,1,7-10,15,27-29H2/b19-16+,25-13-,30-26?,33-31?. The van der Waals surface area contributed by atoms with Gasteiger partial charge in [-0.2, -0.15) is 5.11 Å². The number of allylic oxidation sites excluding steroid dienone is 3. The predicted molar refractivity (Wildman–Crippen MR) is 137 cm³/mol. The van der Waals surface area contributed by atoms with Gasteiger partial charge < -0.3 is 22.5 Å². The van der Waals surface area contributed by atoms with Crippen LogP contribution in [0, 0.1) is 10.9 Å². The lowest BCUT2D eigenvalue weighted by molar-refractivity contribution is 0.342. The minimum Gasteiger partial charge on any atom is -0.398 e. The number of nitrogens with one attached hydrogen (secondary N) is 3. The Kier molecular flexibility index (Phi) is 8.29. The molecule has 1 aliphatic rings. The number of benzene rings is 2. The van der Waals surface area contributed by atoms with Gasteiger partial charge in [-0.15, -0.1) is 0 Å². The minimum absolute atomic E-state index is 0.141. The molecule has 0 aliphatic heterocycles. The Labute approximate surface area is 195 Å². The predicted octanol–water partition coefficient (Wildman–Crippen LogP) is 4.55. The molecular weight excluding hydrogens is 410 g/mol. The second-order valence-corrected chi connectivity index (χ2v) is 8.43. The topological polar surface area (TPSA) is 150 Å². The van der Waals surface area contributed by atoms with E-state index in [2.05, 4.69) is 29.1 Å². The van der Waals surface area contributed by atoms with E-state index < -0.39 is 0 Å². The van der Waals surface area contributed by atoms with E-state index in [-0.39, 0.29) is 5.71 Å². The van der Waals surface area contributed by atoms with Gasteiger partial charge in [0, 0.05) is 35.5 Å². The molecule has 0 bridgehead atoms. The van der Waals surface area contributed by atoms with Gasteiger partial charge >= 0.3 is 0 Å². The zero-order valence-electron chi connectivity index (χ0n) is 18.9. The summed E-state index contributed by atoms with van der Waals surface area (Å²) in [5, 5.41) is 15.5. The molecule has 0 spiro atoms. The fraction of sp³-hybridized carbons (Fsp3) is 0.269. The number of anilines is 1. The lowest BCUT2D eigenvalue weighted by atomic mass is 9.91. The van der Waals surface area contributed by atoms with E-state index in [9.17, 15) is 0 Å². The van der Waals surface area contributed by atoms with Gasteiger partial charge in [-0.05, 0) is 60.6 Å². The number of nitrogens with two attached hydrogens (primary N) is 3. The van der Waals surface area contributed by atoms with Gasteiger partial charge in [0.2, 0.25) is 0 Å². The van der Waals surface area contributed by atoms with Crippen LogP contribution in [0.3, 0.4) is 0 Å². The van der Waals surface area contributed by atoms with Gasteiger partial charge in [-0.25, -0.2) is 5.53 Å². The molecule has 33 heavy (non-hydrogen) atoms. The summed E-state index contributed by atoms with van der Waals surface area (Å²) < 4.78 is 0. The van der Waals surface area contributed by atoms with Gasteiger partial charge in [0.25, 0.3) is 0 Å². The molecule has 7 nitrogen and oxygen atoms in total. The second-order valence-electron chi connectivity index (χ2n) is 8.43. The van der Waals surface area contributed by atoms with Crippen LogP contribution in [-0.4, -0.2) is 17.8 Å². The van der Waals surface area contributed by atoms with Crippen molar-refractivity contribution < 1.29 is 0 Å². The molecule has 0 aromatic heterocycles. The smallest absolute Gasteiger partial charge is 0.0862 e. The van der Waals surface area contributed by atoms with E-state index in [1.165, 1.54) is 11.8 Å². The van der Waals surface area contributed by atoms with Crippen LogP contribution in [0.5, 0.6) is 0 Å². The van der Waals surface area contributed by atoms with Crippen LogP contribution < -0.4 is 22.5 Å². The van der Waals surface area contributed by atoms with Gasteiger partial charge in [0.15, 0.2) is 0 Å². The first-order valence-electron chi connectivity index (χ1n) is 11.1. The van der Waals surface area contributed by atoms with Crippen molar-refractivity contribution in [1.29, 1.82) is 10.9 Å². The Morgan fingerprint density at radius 1 is 1.15 bits per heavy atom. The average Bonchev–Trinajstić information content (AvgIpc) is 2.82. The van der Waals surface area contributed by atoms with Gasteiger partial charge in [-0.3, -0.25) is 5.41 Å². The van der Waals surface area contributed by atoms with Crippen molar-refractivity contribution in [3.05, 3.63) is 89.3 Å². The number of hydrogen-bond acceptors (Lipinski definition) is 7. The Morgan fingerprint density at radius 3 is 2.61 bits per heavy atom. The third kappa shape index (κ3) is 6.47. The molecule has 0 radical (unpaired) electrons. The quantitative estimate of drug-likeness (QED) is 0.146. The molecule has 0 saturated heterocycles.